The first-order valence-corrected chi connectivity index (χ1v) is 14.9. The van der Waals surface area contributed by atoms with E-state index in [2.05, 4.69) is 53.4 Å². The summed E-state index contributed by atoms with van der Waals surface area (Å²) in [7, 11) is 3.76. The second kappa shape index (κ2) is 12.8. The lowest BCUT2D eigenvalue weighted by atomic mass is 9.81. The Balaban J connectivity index is 1.20. The zero-order valence-electron chi connectivity index (χ0n) is 22.2. The van der Waals surface area contributed by atoms with Gasteiger partial charge in [-0.1, -0.05) is 18.5 Å². The summed E-state index contributed by atoms with van der Waals surface area (Å²) < 4.78 is 13.6. The van der Waals surface area contributed by atoms with Crippen LogP contribution in [0.25, 0.3) is 10.9 Å². The molecule has 202 valence electrons. The van der Waals surface area contributed by atoms with Gasteiger partial charge < -0.3 is 10.6 Å². The minimum Gasteiger partial charge on any atom is -0.340 e. The number of anilines is 2. The molecule has 2 fully saturated rings. The van der Waals surface area contributed by atoms with E-state index in [1.807, 2.05) is 0 Å². The SMILES string of the molecule is CCc1cc2ncnc(Nc3ccc(F)c(Cl)c3)c2cc1CC1CCC(NCCCN2CCCC2=P)CC1. The van der Waals surface area contributed by atoms with Crippen LogP contribution < -0.4 is 10.6 Å². The molecule has 2 aliphatic rings. The minimum atomic E-state index is -0.432. The molecule has 2 N–H and O–H groups in total. The average molecular weight is 554 g/mol. The molecule has 3 aromatic rings. The van der Waals surface area contributed by atoms with Crippen molar-refractivity contribution >= 4 is 48.3 Å². The predicted molar refractivity (Wildman–Crippen MR) is 160 cm³/mol. The van der Waals surface area contributed by atoms with Gasteiger partial charge in [0, 0.05) is 35.6 Å². The van der Waals surface area contributed by atoms with Crippen LogP contribution in [0, 0.1) is 11.7 Å². The first kappa shape index (κ1) is 27.5. The van der Waals surface area contributed by atoms with Gasteiger partial charge in [0.1, 0.15) is 18.0 Å². The molecule has 8 heteroatoms. The Kier molecular flexibility index (Phi) is 9.27. The molecule has 1 saturated carbocycles. The lowest BCUT2D eigenvalue weighted by Crippen LogP contribution is -2.35. The molecule has 2 heterocycles. The number of likely N-dealkylation sites (tertiary alicyclic amines) is 1. The molecular formula is C30H38ClFN5P. The van der Waals surface area contributed by atoms with E-state index in [4.69, 9.17) is 11.6 Å². The summed E-state index contributed by atoms with van der Waals surface area (Å²) in [6.45, 7) is 5.66. The molecule has 0 amide bonds. The van der Waals surface area contributed by atoms with Crippen LogP contribution in [-0.4, -0.2) is 46.0 Å². The van der Waals surface area contributed by atoms with Gasteiger partial charge in [0.05, 0.1) is 10.5 Å². The third-order valence-electron chi connectivity index (χ3n) is 8.14. The van der Waals surface area contributed by atoms with Crippen molar-refractivity contribution in [3.8, 4) is 0 Å². The zero-order chi connectivity index (χ0) is 26.5. The van der Waals surface area contributed by atoms with E-state index in [1.54, 1.807) is 18.5 Å². The third-order valence-corrected chi connectivity index (χ3v) is 8.99. The van der Waals surface area contributed by atoms with Crippen LogP contribution in [0.2, 0.25) is 5.02 Å². The monoisotopic (exact) mass is 553 g/mol. The van der Waals surface area contributed by atoms with E-state index in [0.29, 0.717) is 23.5 Å². The number of halogens is 2. The Labute approximate surface area is 232 Å². The number of hydrogen-bond donors (Lipinski definition) is 2. The third kappa shape index (κ3) is 6.71. The number of benzene rings is 2. The fourth-order valence-electron chi connectivity index (χ4n) is 5.96. The summed E-state index contributed by atoms with van der Waals surface area (Å²) >= 11 is 5.99. The fourth-order valence-corrected chi connectivity index (χ4v) is 6.54. The Morgan fingerprint density at radius 1 is 1.11 bits per heavy atom. The molecule has 0 atom stereocenters. The number of aromatic nitrogens is 2. The molecule has 38 heavy (non-hydrogen) atoms. The molecule has 2 aromatic carbocycles. The van der Waals surface area contributed by atoms with Crippen LogP contribution in [0.5, 0.6) is 0 Å². The lowest BCUT2D eigenvalue weighted by Gasteiger charge is -2.30. The Hall–Kier alpha value is -2.11. The standard InChI is InChI=1S/C30H38ClFN5P/c1-2-21-17-28-25(30(35-19-34-28)36-24-10-11-27(32)26(31)18-24)16-22(21)15-20-6-8-23(9-7-20)33-12-4-14-37-13-3-5-29(37)38/h10-11,16-20,23,33,38H,2-9,12-15H2,1H3,(H,34,35,36). The van der Waals surface area contributed by atoms with Crippen molar-refractivity contribution in [2.75, 3.05) is 25.0 Å². The summed E-state index contributed by atoms with van der Waals surface area (Å²) in [6.07, 6.45) is 12.3. The molecule has 1 aliphatic heterocycles. The lowest BCUT2D eigenvalue weighted by molar-refractivity contribution is 0.287. The van der Waals surface area contributed by atoms with Gasteiger partial charge in [-0.2, -0.15) is 0 Å². The summed E-state index contributed by atoms with van der Waals surface area (Å²) in [5.74, 6) is 0.981. The van der Waals surface area contributed by atoms with Gasteiger partial charge in [0.25, 0.3) is 0 Å². The zero-order valence-corrected chi connectivity index (χ0v) is 24.0. The van der Waals surface area contributed by atoms with Crippen molar-refractivity contribution in [2.45, 2.75) is 70.8 Å². The molecular weight excluding hydrogens is 516 g/mol. The second-order valence-electron chi connectivity index (χ2n) is 10.7. The molecule has 1 saturated heterocycles. The van der Waals surface area contributed by atoms with Crippen LogP contribution in [0.4, 0.5) is 15.9 Å². The summed E-state index contributed by atoms with van der Waals surface area (Å²) in [4.78, 5) is 11.5. The van der Waals surface area contributed by atoms with Gasteiger partial charge in [-0.15, -0.1) is 8.86 Å². The number of fused-ring (bicyclic) bond motifs is 1. The van der Waals surface area contributed by atoms with Crippen LogP contribution in [0.3, 0.4) is 0 Å². The van der Waals surface area contributed by atoms with Gasteiger partial charge in [-0.3, -0.25) is 4.90 Å². The van der Waals surface area contributed by atoms with E-state index in [0.717, 1.165) is 36.8 Å². The van der Waals surface area contributed by atoms with Crippen LogP contribution in [0.1, 0.15) is 63.0 Å². The maximum atomic E-state index is 13.6. The first-order valence-electron chi connectivity index (χ1n) is 14.0. The molecule has 0 radical (unpaired) electrons. The summed E-state index contributed by atoms with van der Waals surface area (Å²) in [5, 5.41) is 8.21. The smallest absolute Gasteiger partial charge is 0.141 e. The highest BCUT2D eigenvalue weighted by Gasteiger charge is 2.23. The maximum absolute atomic E-state index is 13.6. The highest BCUT2D eigenvalue weighted by molar-refractivity contribution is 7.20. The van der Waals surface area contributed by atoms with E-state index in [1.165, 1.54) is 74.1 Å². The first-order chi connectivity index (χ1) is 18.5. The number of aryl methyl sites for hydroxylation is 1. The van der Waals surface area contributed by atoms with E-state index < -0.39 is 5.82 Å². The van der Waals surface area contributed by atoms with Crippen molar-refractivity contribution in [2.24, 2.45) is 5.92 Å². The molecule has 0 bridgehead atoms. The van der Waals surface area contributed by atoms with Crippen molar-refractivity contribution in [1.82, 2.24) is 20.2 Å². The second-order valence-corrected chi connectivity index (χ2v) is 11.7. The minimum absolute atomic E-state index is 0.0884. The van der Waals surface area contributed by atoms with Gasteiger partial charge in [-0.05, 0) is 112 Å². The van der Waals surface area contributed by atoms with Gasteiger partial charge in [-0.25, -0.2) is 14.4 Å². The topological polar surface area (TPSA) is 53.1 Å². The van der Waals surface area contributed by atoms with Crippen LogP contribution in [0.15, 0.2) is 36.7 Å². The van der Waals surface area contributed by atoms with Gasteiger partial charge in [0.2, 0.25) is 0 Å². The number of nitrogens with one attached hydrogen (secondary N) is 2. The van der Waals surface area contributed by atoms with Crippen molar-refractivity contribution in [1.29, 1.82) is 0 Å². The van der Waals surface area contributed by atoms with E-state index in [-0.39, 0.29) is 5.02 Å². The number of rotatable bonds is 10. The van der Waals surface area contributed by atoms with Crippen molar-refractivity contribution in [3.05, 3.63) is 58.6 Å². The Bertz CT molecular complexity index is 1280. The fraction of sp³-hybridized carbons (Fsp3) is 0.500. The molecule has 1 aliphatic carbocycles. The van der Waals surface area contributed by atoms with E-state index >= 15 is 0 Å². The van der Waals surface area contributed by atoms with Gasteiger partial charge in [0.15, 0.2) is 0 Å². The molecule has 5 nitrogen and oxygen atoms in total. The predicted octanol–water partition coefficient (Wildman–Crippen LogP) is 7.18. The highest BCUT2D eigenvalue weighted by Crippen LogP contribution is 2.32. The summed E-state index contributed by atoms with van der Waals surface area (Å²) in [6, 6.07) is 9.74. The normalized spacial score (nSPS) is 20.3. The molecule has 0 unspecified atom stereocenters. The molecule has 0 spiro atoms. The molecule has 1 aromatic heterocycles. The maximum Gasteiger partial charge on any atom is 0.141 e. The van der Waals surface area contributed by atoms with E-state index in [9.17, 15) is 4.39 Å². The Morgan fingerprint density at radius 3 is 2.68 bits per heavy atom. The van der Waals surface area contributed by atoms with Crippen molar-refractivity contribution < 1.29 is 4.39 Å². The van der Waals surface area contributed by atoms with Crippen LogP contribution in [-0.2, 0) is 12.8 Å². The van der Waals surface area contributed by atoms with Crippen molar-refractivity contribution in [3.63, 3.8) is 0 Å². The number of hydrogen-bond acceptors (Lipinski definition) is 4. The highest BCUT2D eigenvalue weighted by atomic mass is 35.5. The van der Waals surface area contributed by atoms with Crippen LogP contribution >= 0.6 is 20.5 Å². The Morgan fingerprint density at radius 2 is 1.95 bits per heavy atom. The summed E-state index contributed by atoms with van der Waals surface area (Å²) in [5.41, 5.74) is 5.74. The average Bonchev–Trinajstić information content (AvgIpc) is 3.34. The largest absolute Gasteiger partial charge is 0.340 e. The quantitative estimate of drug-likeness (QED) is 0.206. The number of nitrogens with zero attached hydrogens (tertiary/aromatic N) is 3. The van der Waals surface area contributed by atoms with Gasteiger partial charge >= 0.3 is 0 Å². The molecule has 5 rings (SSSR count).